The smallest absolute Gasteiger partial charge is 0.151 e. The van der Waals surface area contributed by atoms with E-state index in [9.17, 15) is 14.4 Å². The second-order valence-electron chi connectivity index (χ2n) is 9.92. The predicted octanol–water partition coefficient (Wildman–Crippen LogP) is 2.75. The molecule has 5 rings (SSSR count). The van der Waals surface area contributed by atoms with Crippen LogP contribution in [0.2, 0.25) is 0 Å². The molecule has 160 valence electrons. The van der Waals surface area contributed by atoms with Crippen molar-refractivity contribution in [2.45, 2.75) is 56.7 Å². The molecular weight excluding hydrogens is 379 g/mol. The van der Waals surface area contributed by atoms with Gasteiger partial charge in [-0.15, -0.1) is 0 Å². The largest absolute Gasteiger partial charge is 0.367 e. The molecule has 2 unspecified atom stereocenters. The van der Waals surface area contributed by atoms with Crippen molar-refractivity contribution in [2.75, 3.05) is 31.6 Å². The second kappa shape index (κ2) is 7.94. The maximum Gasteiger partial charge on any atom is 0.151 e. The minimum Gasteiger partial charge on any atom is -0.367 e. The van der Waals surface area contributed by atoms with E-state index in [1.54, 1.807) is 6.07 Å². The molecule has 4 fully saturated rings. The normalized spacial score (nSPS) is 33.6. The van der Waals surface area contributed by atoms with Gasteiger partial charge in [-0.3, -0.25) is 4.79 Å². The first-order valence-corrected chi connectivity index (χ1v) is 11.4. The van der Waals surface area contributed by atoms with Gasteiger partial charge in [0.25, 0.3) is 0 Å². The zero-order chi connectivity index (χ0) is 20.8. The van der Waals surface area contributed by atoms with E-state index in [1.807, 2.05) is 12.1 Å². The van der Waals surface area contributed by atoms with E-state index in [0.29, 0.717) is 35.9 Å². The number of hydrogen-bond donors (Lipinski definition) is 1. The van der Waals surface area contributed by atoms with E-state index in [1.165, 1.54) is 0 Å². The molecule has 4 aliphatic rings. The number of carbonyl (C=O) groups is 1. The summed E-state index contributed by atoms with van der Waals surface area (Å²) < 4.78 is 14.9. The van der Waals surface area contributed by atoms with Gasteiger partial charge in [-0.25, -0.2) is 4.39 Å². The summed E-state index contributed by atoms with van der Waals surface area (Å²) >= 11 is 0. The lowest BCUT2D eigenvalue weighted by atomic mass is 9.88. The summed E-state index contributed by atoms with van der Waals surface area (Å²) in [6.45, 7) is 3.13. The number of likely N-dealkylation sites (tertiary alicyclic amines) is 1. The maximum absolute atomic E-state index is 14.9. The molecule has 1 N–H and O–H groups in total. The van der Waals surface area contributed by atoms with Crippen LogP contribution in [0.4, 0.5) is 10.1 Å². The Balaban J connectivity index is 1.23. The number of rotatable bonds is 6. The van der Waals surface area contributed by atoms with Crippen LogP contribution in [0, 0.1) is 34.9 Å². The molecule has 1 aromatic carbocycles. The summed E-state index contributed by atoms with van der Waals surface area (Å²) in [5.74, 6) is 0.494. The summed E-state index contributed by atoms with van der Waals surface area (Å²) in [7, 11) is 2.15. The van der Waals surface area contributed by atoms with Gasteiger partial charge in [0.2, 0.25) is 0 Å². The number of hydrogen-bond acceptors (Lipinski definition) is 5. The van der Waals surface area contributed by atoms with Gasteiger partial charge in [0.05, 0.1) is 18.0 Å². The Labute approximate surface area is 178 Å². The molecule has 5 nitrogen and oxygen atoms in total. The van der Waals surface area contributed by atoms with Crippen LogP contribution in [-0.2, 0) is 11.2 Å². The molecule has 6 heteroatoms. The fourth-order valence-corrected chi connectivity index (χ4v) is 6.39. The minimum atomic E-state index is -0.474. The monoisotopic (exact) mass is 410 g/mol. The summed E-state index contributed by atoms with van der Waals surface area (Å²) in [5, 5.41) is 13.0. The minimum absolute atomic E-state index is 0.0977. The van der Waals surface area contributed by atoms with Crippen LogP contribution in [0.1, 0.15) is 37.7 Å². The first-order chi connectivity index (χ1) is 14.5. The van der Waals surface area contributed by atoms with Gasteiger partial charge >= 0.3 is 0 Å². The Morgan fingerprint density at radius 3 is 2.87 bits per heavy atom. The van der Waals surface area contributed by atoms with E-state index < -0.39 is 5.92 Å². The number of nitrogens with one attached hydrogen (secondary N) is 1. The van der Waals surface area contributed by atoms with Crippen LogP contribution in [-0.4, -0.2) is 55.5 Å². The molecule has 0 spiro atoms. The second-order valence-corrected chi connectivity index (χ2v) is 9.92. The molecule has 1 aromatic rings. The average molecular weight is 411 g/mol. The summed E-state index contributed by atoms with van der Waals surface area (Å²) in [6.07, 6.45) is 5.01. The zero-order valence-electron chi connectivity index (χ0n) is 17.7. The Morgan fingerprint density at radius 2 is 2.17 bits per heavy atom. The summed E-state index contributed by atoms with van der Waals surface area (Å²) in [4.78, 5) is 17.4. The first-order valence-electron chi connectivity index (χ1n) is 11.4. The highest BCUT2D eigenvalue weighted by molar-refractivity contribution is 5.85. The van der Waals surface area contributed by atoms with E-state index in [-0.39, 0.29) is 24.1 Å². The van der Waals surface area contributed by atoms with Gasteiger partial charge in [0.1, 0.15) is 5.82 Å². The number of Topliss-reactive ketones (excluding diaryl/α,β-unsaturated/α-hetero) is 1. The van der Waals surface area contributed by atoms with Gasteiger partial charge in [-0.2, -0.15) is 5.26 Å². The van der Waals surface area contributed by atoms with Crippen LogP contribution < -0.4 is 10.2 Å². The SMILES string of the molecule is CN1CC2CCN(c3ccc(C[C@@H](C#N)CC(=O)[C@H]4N[C@@H]5CC[C@H]4C5)c(F)c3)C2C1. The number of ketones is 1. The van der Waals surface area contributed by atoms with Crippen molar-refractivity contribution in [1.82, 2.24) is 10.2 Å². The Kier molecular flexibility index (Phi) is 5.28. The Hall–Kier alpha value is -1.97. The number of halogens is 1. The number of piperidine rings is 1. The van der Waals surface area contributed by atoms with Crippen LogP contribution in [0.5, 0.6) is 0 Å². The van der Waals surface area contributed by atoms with Crippen LogP contribution in [0.25, 0.3) is 0 Å². The standard InChI is InChI=1S/C24H31FN4O/c1-28-13-18-6-7-29(22(18)14-28)20-5-3-16(21(25)11-20)8-15(12-26)9-23(30)24-17-2-4-19(10-17)27-24/h3,5,11,15,17-19,22,24,27H,2,4,6-10,13-14H2,1H3/t15-,17+,18?,19-,22?,24+/m1/s1. The van der Waals surface area contributed by atoms with Gasteiger partial charge < -0.3 is 15.1 Å². The third kappa shape index (κ3) is 3.63. The number of carbonyl (C=O) groups excluding carboxylic acids is 1. The van der Waals surface area contributed by atoms with Crippen LogP contribution in [0.3, 0.4) is 0 Å². The lowest BCUT2D eigenvalue weighted by Crippen LogP contribution is -2.42. The van der Waals surface area contributed by atoms with Crippen molar-refractivity contribution < 1.29 is 9.18 Å². The molecular formula is C24H31FN4O. The molecule has 2 bridgehead atoms. The number of benzene rings is 1. The number of likely N-dealkylation sites (N-methyl/N-ethyl adjacent to an activating group) is 1. The highest BCUT2D eigenvalue weighted by Crippen LogP contribution is 2.37. The topological polar surface area (TPSA) is 59.4 Å². The van der Waals surface area contributed by atoms with Gasteiger partial charge in [-0.1, -0.05) is 6.07 Å². The number of anilines is 1. The van der Waals surface area contributed by atoms with Crippen molar-refractivity contribution in [2.24, 2.45) is 17.8 Å². The van der Waals surface area contributed by atoms with Gasteiger partial charge in [0.15, 0.2) is 5.78 Å². The zero-order valence-corrected chi connectivity index (χ0v) is 17.7. The van der Waals surface area contributed by atoms with Crippen LogP contribution >= 0.6 is 0 Å². The number of nitrogens with zero attached hydrogens (tertiary/aromatic N) is 3. The molecule has 30 heavy (non-hydrogen) atoms. The fourth-order valence-electron chi connectivity index (χ4n) is 6.39. The van der Waals surface area contributed by atoms with E-state index in [2.05, 4.69) is 28.2 Å². The van der Waals surface area contributed by atoms with Crippen molar-refractivity contribution in [3.8, 4) is 6.07 Å². The quantitative estimate of drug-likeness (QED) is 0.782. The molecule has 3 heterocycles. The van der Waals surface area contributed by atoms with E-state index in [4.69, 9.17) is 0 Å². The highest BCUT2D eigenvalue weighted by atomic mass is 19.1. The number of nitriles is 1. The first kappa shape index (κ1) is 20.0. The van der Waals surface area contributed by atoms with E-state index >= 15 is 0 Å². The Morgan fingerprint density at radius 1 is 1.30 bits per heavy atom. The van der Waals surface area contributed by atoms with Crippen molar-refractivity contribution in [3.63, 3.8) is 0 Å². The molecule has 1 saturated carbocycles. The molecule has 3 aliphatic heterocycles. The summed E-state index contributed by atoms with van der Waals surface area (Å²) in [6, 6.07) is 8.54. The average Bonchev–Trinajstić information content (AvgIpc) is 3.49. The van der Waals surface area contributed by atoms with Crippen molar-refractivity contribution >= 4 is 11.5 Å². The van der Waals surface area contributed by atoms with E-state index in [0.717, 1.165) is 51.0 Å². The molecule has 0 radical (unpaired) electrons. The van der Waals surface area contributed by atoms with Crippen molar-refractivity contribution in [3.05, 3.63) is 29.6 Å². The molecule has 0 aromatic heterocycles. The lowest BCUT2D eigenvalue weighted by molar-refractivity contribution is -0.122. The molecule has 3 saturated heterocycles. The molecule has 1 aliphatic carbocycles. The maximum atomic E-state index is 14.9. The third-order valence-corrected chi connectivity index (χ3v) is 7.90. The third-order valence-electron chi connectivity index (χ3n) is 7.90. The Bertz CT molecular complexity index is 867. The fraction of sp³-hybridized carbons (Fsp3) is 0.667. The van der Waals surface area contributed by atoms with Crippen LogP contribution in [0.15, 0.2) is 18.2 Å². The van der Waals surface area contributed by atoms with Gasteiger partial charge in [0, 0.05) is 43.8 Å². The predicted molar refractivity (Wildman–Crippen MR) is 114 cm³/mol. The summed E-state index contributed by atoms with van der Waals surface area (Å²) in [5.41, 5.74) is 1.48. The number of fused-ring (bicyclic) bond motifs is 3. The highest BCUT2D eigenvalue weighted by Gasteiger charge is 2.43. The lowest BCUT2D eigenvalue weighted by Gasteiger charge is -2.27. The molecule has 6 atom stereocenters. The van der Waals surface area contributed by atoms with Gasteiger partial charge in [-0.05, 0) is 68.7 Å². The van der Waals surface area contributed by atoms with Crippen molar-refractivity contribution in [1.29, 1.82) is 5.26 Å². The molecule has 0 amide bonds.